The smallest absolute Gasteiger partial charge is 0.253 e. The van der Waals surface area contributed by atoms with E-state index in [1.54, 1.807) is 13.2 Å². The van der Waals surface area contributed by atoms with Crippen molar-refractivity contribution in [2.75, 3.05) is 20.2 Å². The van der Waals surface area contributed by atoms with Gasteiger partial charge in [-0.2, -0.15) is 0 Å². The van der Waals surface area contributed by atoms with E-state index in [9.17, 15) is 9.59 Å². The molecule has 0 aromatic heterocycles. The Hall–Kier alpha value is -2.34. The highest BCUT2D eigenvalue weighted by atomic mass is 79.9. The van der Waals surface area contributed by atoms with Crippen molar-refractivity contribution in [3.05, 3.63) is 57.6 Å². The number of hydrogen-bond acceptors (Lipinski definition) is 4. The lowest BCUT2D eigenvalue weighted by molar-refractivity contribution is -0.00573. The van der Waals surface area contributed by atoms with Crippen LogP contribution in [0.25, 0.3) is 0 Å². The highest BCUT2D eigenvalue weighted by Gasteiger charge is 2.43. The molecule has 1 amide bonds. The summed E-state index contributed by atoms with van der Waals surface area (Å²) >= 11 is 3.41. The second-order valence-corrected chi connectivity index (χ2v) is 8.42. The molecular weight excluding hydrogens is 422 g/mol. The average Bonchev–Trinajstić information content (AvgIpc) is 2.69. The zero-order chi connectivity index (χ0) is 19.9. The molecule has 6 heteroatoms. The van der Waals surface area contributed by atoms with Gasteiger partial charge in [0.05, 0.1) is 19.1 Å². The monoisotopic (exact) mass is 443 g/mol. The standard InChI is InChI=1S/C22H22BrNO4/c1-14-3-4-15(11-20(14)27-2)21(26)24-9-7-22(8-10-24)13-18(25)17-12-16(23)5-6-19(17)28-22/h3-6,11-12H,7-10,13H2,1-2H3. The number of aryl methyl sites for hydroxylation is 1. The fourth-order valence-electron chi connectivity index (χ4n) is 4.00. The van der Waals surface area contributed by atoms with Crippen molar-refractivity contribution in [2.24, 2.45) is 0 Å². The predicted molar refractivity (Wildman–Crippen MR) is 109 cm³/mol. The van der Waals surface area contributed by atoms with E-state index in [0.717, 1.165) is 10.0 Å². The highest BCUT2D eigenvalue weighted by molar-refractivity contribution is 9.10. The van der Waals surface area contributed by atoms with Crippen molar-refractivity contribution in [3.8, 4) is 11.5 Å². The number of benzene rings is 2. The van der Waals surface area contributed by atoms with Gasteiger partial charge in [0.1, 0.15) is 17.1 Å². The molecule has 0 unspecified atom stereocenters. The minimum Gasteiger partial charge on any atom is -0.496 e. The Morgan fingerprint density at radius 2 is 1.93 bits per heavy atom. The van der Waals surface area contributed by atoms with Gasteiger partial charge in [-0.25, -0.2) is 0 Å². The fourth-order valence-corrected chi connectivity index (χ4v) is 4.36. The SMILES string of the molecule is COc1cc(C(=O)N2CCC3(CC2)CC(=O)c2cc(Br)ccc2O3)ccc1C. The summed E-state index contributed by atoms with van der Waals surface area (Å²) in [4.78, 5) is 27.4. The summed E-state index contributed by atoms with van der Waals surface area (Å²) in [7, 11) is 1.61. The first-order valence-corrected chi connectivity index (χ1v) is 10.2. The maximum atomic E-state index is 12.9. The lowest BCUT2D eigenvalue weighted by Crippen LogP contribution is -2.52. The second-order valence-electron chi connectivity index (χ2n) is 7.50. The molecule has 2 heterocycles. The molecule has 1 saturated heterocycles. The van der Waals surface area contributed by atoms with Gasteiger partial charge in [0, 0.05) is 36.0 Å². The fraction of sp³-hybridized carbons (Fsp3) is 0.364. The first kappa shape index (κ1) is 19.0. The van der Waals surface area contributed by atoms with E-state index in [-0.39, 0.29) is 11.7 Å². The van der Waals surface area contributed by atoms with Crippen molar-refractivity contribution in [1.29, 1.82) is 0 Å². The van der Waals surface area contributed by atoms with Crippen LogP contribution in [0.2, 0.25) is 0 Å². The predicted octanol–water partition coefficient (Wildman–Crippen LogP) is 4.41. The molecule has 1 fully saturated rings. The van der Waals surface area contributed by atoms with Gasteiger partial charge in [0.15, 0.2) is 5.78 Å². The summed E-state index contributed by atoms with van der Waals surface area (Å²) in [6, 6.07) is 11.1. The maximum absolute atomic E-state index is 12.9. The summed E-state index contributed by atoms with van der Waals surface area (Å²) in [5.74, 6) is 1.44. The van der Waals surface area contributed by atoms with E-state index in [4.69, 9.17) is 9.47 Å². The normalized spacial score (nSPS) is 17.8. The molecule has 0 bridgehead atoms. The number of fused-ring (bicyclic) bond motifs is 1. The molecule has 146 valence electrons. The van der Waals surface area contributed by atoms with Crippen LogP contribution in [0.1, 0.15) is 45.5 Å². The minimum atomic E-state index is -0.514. The van der Waals surface area contributed by atoms with Crippen LogP contribution in [0.4, 0.5) is 0 Å². The van der Waals surface area contributed by atoms with Gasteiger partial charge in [0.25, 0.3) is 5.91 Å². The second kappa shape index (κ2) is 7.24. The number of carbonyl (C=O) groups excluding carboxylic acids is 2. The van der Waals surface area contributed by atoms with Crippen molar-refractivity contribution < 1.29 is 19.1 Å². The van der Waals surface area contributed by atoms with Gasteiger partial charge in [0.2, 0.25) is 0 Å². The van der Waals surface area contributed by atoms with Crippen LogP contribution in [0.15, 0.2) is 40.9 Å². The van der Waals surface area contributed by atoms with Gasteiger partial charge in [-0.3, -0.25) is 9.59 Å². The third-order valence-corrected chi connectivity index (χ3v) is 6.16. The first-order chi connectivity index (χ1) is 13.4. The Morgan fingerprint density at radius 3 is 2.64 bits per heavy atom. The van der Waals surface area contributed by atoms with Crippen LogP contribution in [-0.4, -0.2) is 42.4 Å². The minimum absolute atomic E-state index is 0.0142. The van der Waals surface area contributed by atoms with Gasteiger partial charge in [-0.15, -0.1) is 0 Å². The first-order valence-electron chi connectivity index (χ1n) is 9.36. The van der Waals surface area contributed by atoms with E-state index in [2.05, 4.69) is 15.9 Å². The van der Waals surface area contributed by atoms with Crippen LogP contribution in [-0.2, 0) is 0 Å². The Balaban J connectivity index is 1.48. The van der Waals surface area contributed by atoms with E-state index in [0.29, 0.717) is 55.0 Å². The Kier molecular flexibility index (Phi) is 4.91. The molecule has 2 aromatic rings. The van der Waals surface area contributed by atoms with Crippen LogP contribution >= 0.6 is 15.9 Å². The zero-order valence-corrected chi connectivity index (χ0v) is 17.5. The molecule has 0 radical (unpaired) electrons. The number of carbonyl (C=O) groups is 2. The average molecular weight is 444 g/mol. The van der Waals surface area contributed by atoms with Gasteiger partial charge in [-0.05, 0) is 42.8 Å². The van der Waals surface area contributed by atoms with Crippen molar-refractivity contribution >= 4 is 27.6 Å². The number of halogens is 1. The Labute approximate surface area is 172 Å². The summed E-state index contributed by atoms with van der Waals surface area (Å²) < 4.78 is 12.5. The Morgan fingerprint density at radius 1 is 1.18 bits per heavy atom. The molecule has 0 N–H and O–H groups in total. The van der Waals surface area contributed by atoms with Gasteiger partial charge < -0.3 is 14.4 Å². The van der Waals surface area contributed by atoms with Crippen molar-refractivity contribution in [1.82, 2.24) is 4.90 Å². The molecule has 0 aliphatic carbocycles. The van der Waals surface area contributed by atoms with Crippen LogP contribution in [0.5, 0.6) is 11.5 Å². The Bertz CT molecular complexity index is 948. The van der Waals surface area contributed by atoms with Crippen molar-refractivity contribution in [3.63, 3.8) is 0 Å². The number of rotatable bonds is 2. The van der Waals surface area contributed by atoms with Crippen LogP contribution in [0.3, 0.4) is 0 Å². The molecule has 4 rings (SSSR count). The number of Topliss-reactive ketones (excluding diaryl/α,β-unsaturated/α-hetero) is 1. The zero-order valence-electron chi connectivity index (χ0n) is 16.0. The van der Waals surface area contributed by atoms with Crippen molar-refractivity contribution in [2.45, 2.75) is 31.8 Å². The third kappa shape index (κ3) is 3.41. The molecule has 28 heavy (non-hydrogen) atoms. The largest absolute Gasteiger partial charge is 0.496 e. The van der Waals surface area contributed by atoms with Crippen LogP contribution in [0, 0.1) is 6.92 Å². The number of ketones is 1. The summed E-state index contributed by atoms with van der Waals surface area (Å²) in [6.07, 6.45) is 1.64. The van der Waals surface area contributed by atoms with Crippen LogP contribution < -0.4 is 9.47 Å². The number of methoxy groups -OCH3 is 1. The molecule has 2 aliphatic rings. The molecular formula is C22H22BrNO4. The van der Waals surface area contributed by atoms with Gasteiger partial charge in [-0.1, -0.05) is 22.0 Å². The molecule has 0 atom stereocenters. The number of hydrogen-bond donors (Lipinski definition) is 0. The lowest BCUT2D eigenvalue weighted by Gasteiger charge is -2.44. The maximum Gasteiger partial charge on any atom is 0.253 e. The molecule has 2 aliphatic heterocycles. The molecule has 2 aromatic carbocycles. The summed E-state index contributed by atoms with van der Waals surface area (Å²) in [6.45, 7) is 3.08. The number of piperidine rings is 1. The molecule has 1 spiro atoms. The summed E-state index contributed by atoms with van der Waals surface area (Å²) in [5.41, 5.74) is 1.73. The van der Waals surface area contributed by atoms with E-state index >= 15 is 0 Å². The number of nitrogens with zero attached hydrogens (tertiary/aromatic N) is 1. The van der Waals surface area contributed by atoms with E-state index < -0.39 is 5.60 Å². The lowest BCUT2D eigenvalue weighted by atomic mass is 9.82. The summed E-state index contributed by atoms with van der Waals surface area (Å²) in [5, 5.41) is 0. The van der Waals surface area contributed by atoms with Gasteiger partial charge >= 0.3 is 0 Å². The van der Waals surface area contributed by atoms with E-state index in [1.807, 2.05) is 42.2 Å². The highest BCUT2D eigenvalue weighted by Crippen LogP contribution is 2.40. The topological polar surface area (TPSA) is 55.8 Å². The number of likely N-dealkylation sites (tertiary alicyclic amines) is 1. The quantitative estimate of drug-likeness (QED) is 0.689. The molecule has 5 nitrogen and oxygen atoms in total. The van der Waals surface area contributed by atoms with E-state index in [1.165, 1.54) is 0 Å². The molecule has 0 saturated carbocycles. The number of amides is 1. The number of ether oxygens (including phenoxy) is 2. The third-order valence-electron chi connectivity index (χ3n) is 5.67.